The molecule has 0 aromatic heterocycles. The van der Waals surface area contributed by atoms with Gasteiger partial charge >= 0.3 is 5.97 Å². The normalized spacial score (nSPS) is 36.1. The minimum absolute atomic E-state index is 0.0345. The highest BCUT2D eigenvalue weighted by Crippen LogP contribution is 2.33. The Labute approximate surface area is 148 Å². The van der Waals surface area contributed by atoms with Gasteiger partial charge in [-0.3, -0.25) is 9.59 Å². The number of carboxylic acid groups (broad SMARTS) is 1. The molecule has 140 valence electrons. The van der Waals surface area contributed by atoms with Gasteiger partial charge in [0.15, 0.2) is 0 Å². The zero-order chi connectivity index (χ0) is 18.1. The number of methoxy groups -OCH3 is 1. The van der Waals surface area contributed by atoms with E-state index < -0.39 is 17.9 Å². The van der Waals surface area contributed by atoms with Crippen LogP contribution in [-0.2, 0) is 19.1 Å². The Balaban J connectivity index is 1.65. The average Bonchev–Trinajstić information content (AvgIpc) is 3.19. The largest absolute Gasteiger partial charge is 0.480 e. The van der Waals surface area contributed by atoms with Gasteiger partial charge in [-0.25, -0.2) is 4.79 Å². The first-order chi connectivity index (χ1) is 11.9. The summed E-state index contributed by atoms with van der Waals surface area (Å²) in [6, 6.07) is -0.612. The first-order valence-corrected chi connectivity index (χ1v) is 9.26. The molecule has 3 fully saturated rings. The number of likely N-dealkylation sites (tertiary alicyclic amines) is 2. The van der Waals surface area contributed by atoms with Crippen LogP contribution in [0, 0.1) is 11.8 Å². The first kappa shape index (κ1) is 18.2. The molecule has 2 amide bonds. The topological polar surface area (TPSA) is 87.1 Å². The maximum atomic E-state index is 12.9. The molecule has 3 aliphatic rings. The molecule has 2 aliphatic heterocycles. The van der Waals surface area contributed by atoms with Gasteiger partial charge in [0.25, 0.3) is 0 Å². The number of nitrogens with zero attached hydrogens (tertiary/aromatic N) is 2. The number of hydrogen-bond acceptors (Lipinski definition) is 4. The Morgan fingerprint density at radius 3 is 2.44 bits per heavy atom. The van der Waals surface area contributed by atoms with Crippen LogP contribution in [0.15, 0.2) is 0 Å². The molecule has 0 bridgehead atoms. The molecule has 1 aliphatic carbocycles. The Hall–Kier alpha value is -1.63. The second-order valence-electron chi connectivity index (χ2n) is 7.80. The second kappa shape index (κ2) is 7.32. The van der Waals surface area contributed by atoms with Crippen molar-refractivity contribution >= 4 is 17.8 Å². The van der Waals surface area contributed by atoms with Crippen molar-refractivity contribution in [3.63, 3.8) is 0 Å². The fraction of sp³-hybridized carbons (Fsp3) is 0.833. The van der Waals surface area contributed by atoms with E-state index in [9.17, 15) is 19.5 Å². The number of carboxylic acids is 1. The fourth-order valence-electron chi connectivity index (χ4n) is 4.48. The third-order valence-electron chi connectivity index (χ3n) is 6.10. The lowest BCUT2D eigenvalue weighted by Gasteiger charge is -2.34. The molecule has 1 N–H and O–H groups in total. The fourth-order valence-corrected chi connectivity index (χ4v) is 4.48. The van der Waals surface area contributed by atoms with Crippen molar-refractivity contribution in [2.75, 3.05) is 20.2 Å². The molecule has 0 aromatic carbocycles. The Kier molecular flexibility index (Phi) is 5.32. The van der Waals surface area contributed by atoms with Crippen molar-refractivity contribution in [2.24, 2.45) is 11.8 Å². The highest BCUT2D eigenvalue weighted by atomic mass is 16.5. The van der Waals surface area contributed by atoms with E-state index in [0.717, 1.165) is 25.7 Å². The standard InChI is InChI=1S/C18H28N2O5/c1-11-3-5-13(6-4-11)19-9-12(7-16(19)21)17(22)20-10-14(25-2)8-15(20)18(23)24/h11-15H,3-10H2,1-2H3,(H,23,24). The van der Waals surface area contributed by atoms with Crippen LogP contribution in [0.25, 0.3) is 0 Å². The zero-order valence-electron chi connectivity index (χ0n) is 15.0. The van der Waals surface area contributed by atoms with Crippen molar-refractivity contribution in [1.29, 1.82) is 0 Å². The van der Waals surface area contributed by atoms with E-state index in [4.69, 9.17) is 4.74 Å². The highest BCUT2D eigenvalue weighted by Gasteiger charge is 2.46. The monoisotopic (exact) mass is 352 g/mol. The molecular formula is C18H28N2O5. The molecule has 3 unspecified atom stereocenters. The molecule has 1 saturated carbocycles. The SMILES string of the molecule is COC1CC(C(=O)O)N(C(=O)C2CC(=O)N(C3CCC(C)CC3)C2)C1. The number of carbonyl (C=O) groups excluding carboxylic acids is 2. The maximum Gasteiger partial charge on any atom is 0.326 e. The van der Waals surface area contributed by atoms with E-state index in [0.29, 0.717) is 18.9 Å². The summed E-state index contributed by atoms with van der Waals surface area (Å²) in [6.07, 6.45) is 4.50. The van der Waals surface area contributed by atoms with Crippen LogP contribution in [0.2, 0.25) is 0 Å². The Morgan fingerprint density at radius 2 is 1.84 bits per heavy atom. The van der Waals surface area contributed by atoms with Gasteiger partial charge in [0.1, 0.15) is 6.04 Å². The van der Waals surface area contributed by atoms with E-state index in [1.807, 2.05) is 4.90 Å². The molecule has 0 radical (unpaired) electrons. The van der Waals surface area contributed by atoms with Gasteiger partial charge in [-0.15, -0.1) is 0 Å². The second-order valence-corrected chi connectivity index (χ2v) is 7.80. The smallest absolute Gasteiger partial charge is 0.326 e. The van der Waals surface area contributed by atoms with Gasteiger partial charge in [0.05, 0.1) is 12.0 Å². The molecule has 3 rings (SSSR count). The lowest BCUT2D eigenvalue weighted by Crippen LogP contribution is -2.45. The van der Waals surface area contributed by atoms with Gasteiger partial charge in [-0.1, -0.05) is 6.92 Å². The highest BCUT2D eigenvalue weighted by molar-refractivity contribution is 5.92. The van der Waals surface area contributed by atoms with Crippen molar-refractivity contribution in [1.82, 2.24) is 9.80 Å². The van der Waals surface area contributed by atoms with Gasteiger partial charge in [0.2, 0.25) is 11.8 Å². The first-order valence-electron chi connectivity index (χ1n) is 9.26. The van der Waals surface area contributed by atoms with E-state index >= 15 is 0 Å². The molecule has 7 heteroatoms. The maximum absolute atomic E-state index is 12.9. The zero-order valence-corrected chi connectivity index (χ0v) is 15.0. The van der Waals surface area contributed by atoms with Crippen molar-refractivity contribution in [3.8, 4) is 0 Å². The van der Waals surface area contributed by atoms with Gasteiger partial charge in [-0.05, 0) is 31.6 Å². The summed E-state index contributed by atoms with van der Waals surface area (Å²) in [5.74, 6) is -0.905. The lowest BCUT2D eigenvalue weighted by molar-refractivity contribution is -0.149. The third kappa shape index (κ3) is 3.66. The quantitative estimate of drug-likeness (QED) is 0.819. The number of carbonyl (C=O) groups is 3. The summed E-state index contributed by atoms with van der Waals surface area (Å²) in [7, 11) is 1.53. The van der Waals surface area contributed by atoms with Crippen LogP contribution in [-0.4, -0.2) is 71.1 Å². The summed E-state index contributed by atoms with van der Waals surface area (Å²) >= 11 is 0. The minimum Gasteiger partial charge on any atom is -0.480 e. The molecule has 2 heterocycles. The predicted molar refractivity (Wildman–Crippen MR) is 89.8 cm³/mol. The molecule has 0 spiro atoms. The molecule has 3 atom stereocenters. The van der Waals surface area contributed by atoms with Crippen LogP contribution in [0.5, 0.6) is 0 Å². The van der Waals surface area contributed by atoms with E-state index in [1.54, 1.807) is 0 Å². The summed E-state index contributed by atoms with van der Waals surface area (Å²) in [5.41, 5.74) is 0. The van der Waals surface area contributed by atoms with Gasteiger partial charge in [0, 0.05) is 39.1 Å². The molecular weight excluding hydrogens is 324 g/mol. The lowest BCUT2D eigenvalue weighted by atomic mass is 9.86. The van der Waals surface area contributed by atoms with Crippen molar-refractivity contribution < 1.29 is 24.2 Å². The number of aliphatic carboxylic acids is 1. The number of hydrogen-bond donors (Lipinski definition) is 1. The van der Waals surface area contributed by atoms with Crippen LogP contribution in [0.3, 0.4) is 0 Å². The minimum atomic E-state index is -1.00. The van der Waals surface area contributed by atoms with Crippen molar-refractivity contribution in [2.45, 2.75) is 63.6 Å². The number of rotatable bonds is 4. The summed E-state index contributed by atoms with van der Waals surface area (Å²) in [5, 5.41) is 9.39. The van der Waals surface area contributed by atoms with Crippen LogP contribution in [0.1, 0.15) is 45.4 Å². The predicted octanol–water partition coefficient (Wildman–Crippen LogP) is 1.11. The molecule has 25 heavy (non-hydrogen) atoms. The summed E-state index contributed by atoms with van der Waals surface area (Å²) in [4.78, 5) is 40.1. The molecule has 7 nitrogen and oxygen atoms in total. The average molecular weight is 352 g/mol. The summed E-state index contributed by atoms with van der Waals surface area (Å²) in [6.45, 7) is 2.95. The van der Waals surface area contributed by atoms with E-state index in [-0.39, 0.29) is 36.9 Å². The van der Waals surface area contributed by atoms with Crippen LogP contribution in [0.4, 0.5) is 0 Å². The van der Waals surface area contributed by atoms with Gasteiger partial charge in [-0.2, -0.15) is 0 Å². The van der Waals surface area contributed by atoms with Crippen LogP contribution >= 0.6 is 0 Å². The molecule has 2 saturated heterocycles. The van der Waals surface area contributed by atoms with E-state index in [2.05, 4.69) is 6.92 Å². The summed E-state index contributed by atoms with van der Waals surface area (Å²) < 4.78 is 5.25. The number of amides is 2. The van der Waals surface area contributed by atoms with Crippen molar-refractivity contribution in [3.05, 3.63) is 0 Å². The van der Waals surface area contributed by atoms with E-state index in [1.165, 1.54) is 12.0 Å². The number of ether oxygens (including phenoxy) is 1. The van der Waals surface area contributed by atoms with Gasteiger partial charge < -0.3 is 19.6 Å². The Bertz CT molecular complexity index is 544. The Morgan fingerprint density at radius 1 is 1.16 bits per heavy atom. The third-order valence-corrected chi connectivity index (χ3v) is 6.10. The molecule has 0 aromatic rings. The van der Waals surface area contributed by atoms with Crippen LogP contribution < -0.4 is 0 Å².